The van der Waals surface area contributed by atoms with Crippen LogP contribution in [-0.4, -0.2) is 29.3 Å². The second kappa shape index (κ2) is 10.0. The molecule has 0 atom stereocenters. The standard InChI is InChI=1S/C21H21FN4O2/c22-18-9-5-4-6-16(18)12-14-23-19-10-11-20(26-25-19)24-21(27)13-15-28-17-7-2-1-3-8-17/h1-11H,12-15H2,(H,23,25)(H,24,26,27). The molecule has 3 rings (SSSR count). The fraction of sp³-hybridized carbons (Fsp3) is 0.190. The van der Waals surface area contributed by atoms with Crippen molar-refractivity contribution in [1.82, 2.24) is 10.2 Å². The molecule has 0 spiro atoms. The Balaban J connectivity index is 1.38. The largest absolute Gasteiger partial charge is 0.493 e. The Labute approximate surface area is 162 Å². The van der Waals surface area contributed by atoms with Crippen molar-refractivity contribution in [3.63, 3.8) is 0 Å². The van der Waals surface area contributed by atoms with Gasteiger partial charge in [0.25, 0.3) is 0 Å². The summed E-state index contributed by atoms with van der Waals surface area (Å²) in [7, 11) is 0. The number of rotatable bonds is 9. The lowest BCUT2D eigenvalue weighted by Crippen LogP contribution is -2.16. The highest BCUT2D eigenvalue weighted by Gasteiger charge is 2.05. The molecule has 0 unspecified atom stereocenters. The summed E-state index contributed by atoms with van der Waals surface area (Å²) in [6.45, 7) is 0.803. The average molecular weight is 380 g/mol. The number of anilines is 2. The molecule has 0 saturated heterocycles. The second-order valence-corrected chi connectivity index (χ2v) is 6.03. The Morgan fingerprint density at radius 3 is 2.39 bits per heavy atom. The van der Waals surface area contributed by atoms with E-state index in [0.717, 1.165) is 5.75 Å². The number of nitrogens with zero attached hydrogens (tertiary/aromatic N) is 2. The summed E-state index contributed by atoms with van der Waals surface area (Å²) < 4.78 is 19.1. The van der Waals surface area contributed by atoms with Gasteiger partial charge in [-0.3, -0.25) is 4.79 Å². The predicted molar refractivity (Wildman–Crippen MR) is 106 cm³/mol. The molecule has 3 aromatic rings. The molecule has 0 fully saturated rings. The van der Waals surface area contributed by atoms with E-state index in [-0.39, 0.29) is 24.8 Å². The van der Waals surface area contributed by atoms with E-state index in [0.29, 0.717) is 30.2 Å². The van der Waals surface area contributed by atoms with E-state index in [9.17, 15) is 9.18 Å². The van der Waals surface area contributed by atoms with Gasteiger partial charge in [-0.1, -0.05) is 36.4 Å². The van der Waals surface area contributed by atoms with Crippen LogP contribution in [0.4, 0.5) is 16.0 Å². The van der Waals surface area contributed by atoms with Gasteiger partial charge >= 0.3 is 0 Å². The maximum absolute atomic E-state index is 13.6. The number of para-hydroxylation sites is 1. The first-order chi connectivity index (χ1) is 13.7. The first kappa shape index (κ1) is 19.3. The number of nitrogens with one attached hydrogen (secondary N) is 2. The molecule has 1 aromatic heterocycles. The lowest BCUT2D eigenvalue weighted by atomic mass is 10.1. The summed E-state index contributed by atoms with van der Waals surface area (Å²) in [5.74, 6) is 1.22. The zero-order valence-electron chi connectivity index (χ0n) is 15.3. The summed E-state index contributed by atoms with van der Waals surface area (Å²) in [5.41, 5.74) is 0.643. The van der Waals surface area contributed by atoms with Crippen molar-refractivity contribution in [1.29, 1.82) is 0 Å². The third kappa shape index (κ3) is 6.05. The van der Waals surface area contributed by atoms with E-state index in [4.69, 9.17) is 4.74 Å². The van der Waals surface area contributed by atoms with Crippen LogP contribution in [0.25, 0.3) is 0 Å². The predicted octanol–water partition coefficient (Wildman–Crippen LogP) is 3.68. The molecule has 0 aliphatic rings. The van der Waals surface area contributed by atoms with Crippen LogP contribution in [0.2, 0.25) is 0 Å². The van der Waals surface area contributed by atoms with Gasteiger partial charge in [-0.05, 0) is 42.3 Å². The SMILES string of the molecule is O=C(CCOc1ccccc1)Nc1ccc(NCCc2ccccc2F)nn1. The molecule has 2 aromatic carbocycles. The molecule has 7 heteroatoms. The highest BCUT2D eigenvalue weighted by atomic mass is 19.1. The molecule has 1 amide bonds. The average Bonchev–Trinajstić information content (AvgIpc) is 2.71. The Morgan fingerprint density at radius 2 is 1.64 bits per heavy atom. The first-order valence-corrected chi connectivity index (χ1v) is 8.99. The maximum Gasteiger partial charge on any atom is 0.229 e. The molecular formula is C21H21FN4O2. The van der Waals surface area contributed by atoms with Crippen LogP contribution in [-0.2, 0) is 11.2 Å². The minimum absolute atomic E-state index is 0.203. The van der Waals surface area contributed by atoms with Crippen molar-refractivity contribution in [3.05, 3.63) is 78.1 Å². The van der Waals surface area contributed by atoms with Crippen LogP contribution >= 0.6 is 0 Å². The smallest absolute Gasteiger partial charge is 0.229 e. The van der Waals surface area contributed by atoms with E-state index >= 15 is 0 Å². The lowest BCUT2D eigenvalue weighted by molar-refractivity contribution is -0.116. The van der Waals surface area contributed by atoms with Crippen LogP contribution in [0.5, 0.6) is 5.75 Å². The second-order valence-electron chi connectivity index (χ2n) is 6.03. The number of benzene rings is 2. The third-order valence-electron chi connectivity index (χ3n) is 3.93. The van der Waals surface area contributed by atoms with E-state index < -0.39 is 0 Å². The zero-order chi connectivity index (χ0) is 19.6. The lowest BCUT2D eigenvalue weighted by Gasteiger charge is -2.08. The number of amides is 1. The summed E-state index contributed by atoms with van der Waals surface area (Å²) in [5, 5.41) is 13.7. The van der Waals surface area contributed by atoms with Gasteiger partial charge in [-0.2, -0.15) is 0 Å². The van der Waals surface area contributed by atoms with Crippen LogP contribution in [0, 0.1) is 5.82 Å². The minimum Gasteiger partial charge on any atom is -0.493 e. The maximum atomic E-state index is 13.6. The number of carbonyl (C=O) groups excluding carboxylic acids is 1. The summed E-state index contributed by atoms with van der Waals surface area (Å²) in [6, 6.07) is 19.4. The molecule has 0 aliphatic carbocycles. The summed E-state index contributed by atoms with van der Waals surface area (Å²) in [6.07, 6.45) is 0.744. The third-order valence-corrected chi connectivity index (χ3v) is 3.93. The molecule has 6 nitrogen and oxygen atoms in total. The normalized spacial score (nSPS) is 10.3. The Hall–Kier alpha value is -3.48. The first-order valence-electron chi connectivity index (χ1n) is 8.99. The van der Waals surface area contributed by atoms with Crippen molar-refractivity contribution in [2.45, 2.75) is 12.8 Å². The van der Waals surface area contributed by atoms with Crippen LogP contribution < -0.4 is 15.4 Å². The molecule has 0 bridgehead atoms. The van der Waals surface area contributed by atoms with Gasteiger partial charge in [0.2, 0.25) is 5.91 Å². The molecule has 0 saturated carbocycles. The summed E-state index contributed by atoms with van der Waals surface area (Å²) in [4.78, 5) is 11.9. The number of carbonyl (C=O) groups is 1. The number of halogens is 1. The van der Waals surface area contributed by atoms with Gasteiger partial charge in [0.1, 0.15) is 17.4 Å². The number of aromatic nitrogens is 2. The van der Waals surface area contributed by atoms with Crippen LogP contribution in [0.1, 0.15) is 12.0 Å². The van der Waals surface area contributed by atoms with Gasteiger partial charge in [0.15, 0.2) is 5.82 Å². The molecule has 0 radical (unpaired) electrons. The van der Waals surface area contributed by atoms with Crippen molar-refractivity contribution in [2.24, 2.45) is 0 Å². The topological polar surface area (TPSA) is 76.1 Å². The molecule has 28 heavy (non-hydrogen) atoms. The van der Waals surface area contributed by atoms with Gasteiger partial charge in [-0.15, -0.1) is 10.2 Å². The van der Waals surface area contributed by atoms with Gasteiger partial charge in [0, 0.05) is 6.54 Å². The highest BCUT2D eigenvalue weighted by molar-refractivity contribution is 5.89. The quantitative estimate of drug-likeness (QED) is 0.592. The zero-order valence-corrected chi connectivity index (χ0v) is 15.3. The molecule has 1 heterocycles. The van der Waals surface area contributed by atoms with Crippen molar-refractivity contribution >= 4 is 17.5 Å². The highest BCUT2D eigenvalue weighted by Crippen LogP contribution is 2.11. The Morgan fingerprint density at radius 1 is 0.929 bits per heavy atom. The van der Waals surface area contributed by atoms with Crippen LogP contribution in [0.15, 0.2) is 66.7 Å². The molecular weight excluding hydrogens is 359 g/mol. The number of hydrogen-bond donors (Lipinski definition) is 2. The fourth-order valence-corrected chi connectivity index (χ4v) is 2.50. The van der Waals surface area contributed by atoms with E-state index in [1.807, 2.05) is 30.3 Å². The summed E-state index contributed by atoms with van der Waals surface area (Å²) >= 11 is 0. The van der Waals surface area contributed by atoms with Crippen molar-refractivity contribution in [3.8, 4) is 5.75 Å². The minimum atomic E-state index is -0.218. The van der Waals surface area contributed by atoms with Gasteiger partial charge in [0.05, 0.1) is 13.0 Å². The monoisotopic (exact) mass is 380 g/mol. The van der Waals surface area contributed by atoms with E-state index in [1.165, 1.54) is 6.07 Å². The van der Waals surface area contributed by atoms with E-state index in [2.05, 4.69) is 20.8 Å². The Bertz CT molecular complexity index is 888. The van der Waals surface area contributed by atoms with Crippen molar-refractivity contribution < 1.29 is 13.9 Å². The molecule has 2 N–H and O–H groups in total. The van der Waals surface area contributed by atoms with E-state index in [1.54, 1.807) is 30.3 Å². The molecule has 144 valence electrons. The van der Waals surface area contributed by atoms with Crippen molar-refractivity contribution in [2.75, 3.05) is 23.8 Å². The molecule has 0 aliphatic heterocycles. The fourth-order valence-electron chi connectivity index (χ4n) is 2.50. The van der Waals surface area contributed by atoms with Gasteiger partial charge < -0.3 is 15.4 Å². The Kier molecular flexibility index (Phi) is 6.89. The number of hydrogen-bond acceptors (Lipinski definition) is 5. The van der Waals surface area contributed by atoms with Crippen LogP contribution in [0.3, 0.4) is 0 Å². The number of ether oxygens (including phenoxy) is 1. The van der Waals surface area contributed by atoms with Gasteiger partial charge in [-0.25, -0.2) is 4.39 Å².